The van der Waals surface area contributed by atoms with Gasteiger partial charge in [-0.15, -0.1) is 21.8 Å². The quantitative estimate of drug-likeness (QED) is 0.638. The molecule has 1 heterocycles. The first-order valence-electron chi connectivity index (χ1n) is 4.65. The number of benzene rings is 1. The highest BCUT2D eigenvalue weighted by molar-refractivity contribution is 6.30. The van der Waals surface area contributed by atoms with Crippen molar-refractivity contribution in [1.82, 2.24) is 10.2 Å². The average Bonchev–Trinajstić information content (AvgIpc) is 2.72. The molecular weight excluding hydrogens is 273 g/mol. The Morgan fingerprint density at radius 3 is 2.65 bits per heavy atom. The zero-order valence-electron chi connectivity index (χ0n) is 8.38. The van der Waals surface area contributed by atoms with Crippen molar-refractivity contribution >= 4 is 23.2 Å². The fourth-order valence-electron chi connectivity index (χ4n) is 1.23. The lowest BCUT2D eigenvalue weighted by Gasteiger charge is -1.99. The van der Waals surface area contributed by atoms with E-state index in [4.69, 9.17) is 27.6 Å². The van der Waals surface area contributed by atoms with Gasteiger partial charge >= 0.3 is 0 Å². The van der Waals surface area contributed by atoms with Crippen molar-refractivity contribution < 1.29 is 13.2 Å². The zero-order valence-corrected chi connectivity index (χ0v) is 9.90. The summed E-state index contributed by atoms with van der Waals surface area (Å²) in [4.78, 5) is 0. The van der Waals surface area contributed by atoms with Crippen molar-refractivity contribution in [2.75, 3.05) is 5.88 Å². The number of halogens is 4. The van der Waals surface area contributed by atoms with E-state index in [9.17, 15) is 8.78 Å². The number of alkyl halides is 1. The Hall–Kier alpha value is -1.20. The van der Waals surface area contributed by atoms with Gasteiger partial charge in [0.25, 0.3) is 5.89 Å². The molecule has 0 radical (unpaired) electrons. The molecule has 1 aromatic carbocycles. The van der Waals surface area contributed by atoms with Crippen molar-refractivity contribution in [1.29, 1.82) is 0 Å². The Balaban J connectivity index is 2.41. The van der Waals surface area contributed by atoms with Gasteiger partial charge in [-0.05, 0) is 12.1 Å². The van der Waals surface area contributed by atoms with Crippen molar-refractivity contribution in [3.8, 4) is 11.5 Å². The summed E-state index contributed by atoms with van der Waals surface area (Å²) in [6.45, 7) is 0. The highest BCUT2D eigenvalue weighted by Gasteiger charge is 2.16. The van der Waals surface area contributed by atoms with Gasteiger partial charge in [0, 0.05) is 12.3 Å². The van der Waals surface area contributed by atoms with Gasteiger partial charge in [-0.2, -0.15) is 0 Å². The van der Waals surface area contributed by atoms with Crippen LogP contribution in [0.25, 0.3) is 11.5 Å². The largest absolute Gasteiger partial charge is 0.421 e. The maximum Gasteiger partial charge on any atom is 0.250 e. The molecule has 2 rings (SSSR count). The third-order valence-electron chi connectivity index (χ3n) is 2.02. The summed E-state index contributed by atoms with van der Waals surface area (Å²) in [6, 6.07) is 1.77. The van der Waals surface area contributed by atoms with E-state index in [1.54, 1.807) is 0 Å². The van der Waals surface area contributed by atoms with Crippen LogP contribution in [0.4, 0.5) is 8.78 Å². The van der Waals surface area contributed by atoms with E-state index in [-0.39, 0.29) is 22.4 Å². The second-order valence-electron chi connectivity index (χ2n) is 3.19. The minimum Gasteiger partial charge on any atom is -0.421 e. The number of hydrogen-bond acceptors (Lipinski definition) is 3. The Morgan fingerprint density at radius 1 is 1.18 bits per heavy atom. The molecule has 0 spiro atoms. The molecule has 0 atom stereocenters. The number of aromatic nitrogens is 2. The van der Waals surface area contributed by atoms with E-state index in [1.807, 2.05) is 0 Å². The van der Waals surface area contributed by atoms with Crippen LogP contribution in [0.1, 0.15) is 5.89 Å². The van der Waals surface area contributed by atoms with Crippen LogP contribution in [-0.2, 0) is 6.42 Å². The van der Waals surface area contributed by atoms with Gasteiger partial charge in [0.15, 0.2) is 0 Å². The van der Waals surface area contributed by atoms with E-state index >= 15 is 0 Å². The van der Waals surface area contributed by atoms with Crippen molar-refractivity contribution in [3.63, 3.8) is 0 Å². The molecule has 7 heteroatoms. The number of hydrogen-bond donors (Lipinski definition) is 0. The van der Waals surface area contributed by atoms with Gasteiger partial charge in [0.2, 0.25) is 5.89 Å². The Labute approximate surface area is 105 Å². The second-order valence-corrected chi connectivity index (χ2v) is 3.97. The zero-order chi connectivity index (χ0) is 12.4. The maximum atomic E-state index is 13.5. The second kappa shape index (κ2) is 4.98. The predicted octanol–water partition coefficient (Wildman–Crippen LogP) is 3.45. The first-order valence-corrected chi connectivity index (χ1v) is 5.56. The molecule has 2 aromatic rings. The van der Waals surface area contributed by atoms with Gasteiger partial charge in [0.05, 0.1) is 10.6 Å². The number of nitrogens with zero attached hydrogens (tertiary/aromatic N) is 2. The average molecular weight is 279 g/mol. The first-order chi connectivity index (χ1) is 8.11. The molecule has 0 aliphatic rings. The molecule has 0 amide bonds. The summed E-state index contributed by atoms with van der Waals surface area (Å²) in [5.41, 5.74) is -0.125. The fraction of sp³-hybridized carbons (Fsp3) is 0.200. The molecule has 17 heavy (non-hydrogen) atoms. The van der Waals surface area contributed by atoms with E-state index in [0.717, 1.165) is 12.1 Å². The Morgan fingerprint density at radius 2 is 1.94 bits per heavy atom. The van der Waals surface area contributed by atoms with Gasteiger partial charge in [0.1, 0.15) is 11.6 Å². The molecule has 0 saturated carbocycles. The molecule has 3 nitrogen and oxygen atoms in total. The third kappa shape index (κ3) is 2.56. The van der Waals surface area contributed by atoms with Crippen LogP contribution in [-0.4, -0.2) is 16.1 Å². The fourth-order valence-corrected chi connectivity index (χ4v) is 1.54. The van der Waals surface area contributed by atoms with Gasteiger partial charge in [-0.1, -0.05) is 11.6 Å². The molecule has 0 unspecified atom stereocenters. The topological polar surface area (TPSA) is 38.9 Å². The molecule has 1 aromatic heterocycles. The van der Waals surface area contributed by atoms with Crippen LogP contribution in [0.5, 0.6) is 0 Å². The summed E-state index contributed by atoms with van der Waals surface area (Å²) in [5.74, 6) is -1.00. The Bertz CT molecular complexity index is 545. The van der Waals surface area contributed by atoms with Crippen LogP contribution >= 0.6 is 23.2 Å². The number of aryl methyl sites for hydroxylation is 1. The normalized spacial score (nSPS) is 10.8. The van der Waals surface area contributed by atoms with Gasteiger partial charge in [-0.25, -0.2) is 8.78 Å². The molecule has 0 aliphatic heterocycles. The van der Waals surface area contributed by atoms with E-state index in [2.05, 4.69) is 10.2 Å². The molecule has 0 fully saturated rings. The van der Waals surface area contributed by atoms with Crippen LogP contribution < -0.4 is 0 Å². The van der Waals surface area contributed by atoms with Gasteiger partial charge < -0.3 is 4.42 Å². The summed E-state index contributed by atoms with van der Waals surface area (Å²) in [5, 5.41) is 6.96. The lowest BCUT2D eigenvalue weighted by atomic mass is 10.2. The molecule has 0 bridgehead atoms. The maximum absolute atomic E-state index is 13.5. The lowest BCUT2D eigenvalue weighted by Crippen LogP contribution is -1.88. The Kier molecular flexibility index (Phi) is 3.59. The monoisotopic (exact) mass is 278 g/mol. The summed E-state index contributed by atoms with van der Waals surface area (Å²) in [7, 11) is 0. The minimum atomic E-state index is -0.750. The van der Waals surface area contributed by atoms with E-state index in [0.29, 0.717) is 12.3 Å². The molecule has 0 aliphatic carbocycles. The smallest absolute Gasteiger partial charge is 0.250 e. The first kappa shape index (κ1) is 12.3. The van der Waals surface area contributed by atoms with Crippen molar-refractivity contribution in [2.24, 2.45) is 0 Å². The van der Waals surface area contributed by atoms with E-state index < -0.39 is 11.6 Å². The molecule has 0 N–H and O–H groups in total. The van der Waals surface area contributed by atoms with Crippen LogP contribution in [0, 0.1) is 11.6 Å². The van der Waals surface area contributed by atoms with Gasteiger partial charge in [-0.3, -0.25) is 0 Å². The lowest BCUT2D eigenvalue weighted by molar-refractivity contribution is 0.507. The number of rotatable bonds is 3. The molecule has 0 saturated heterocycles. The summed E-state index contributed by atoms with van der Waals surface area (Å²) in [6.07, 6.45) is 0.367. The highest BCUT2D eigenvalue weighted by atomic mass is 35.5. The SMILES string of the molecule is Fc1cc(-c2nnc(CCCl)o2)c(F)cc1Cl. The standard InChI is InChI=1S/C10H6Cl2F2N2O/c11-2-1-9-15-16-10(17-9)5-3-8(14)6(12)4-7(5)13/h3-4H,1-2H2. The van der Waals surface area contributed by atoms with E-state index in [1.165, 1.54) is 0 Å². The third-order valence-corrected chi connectivity index (χ3v) is 2.49. The van der Waals surface area contributed by atoms with Crippen LogP contribution in [0.3, 0.4) is 0 Å². The van der Waals surface area contributed by atoms with Crippen molar-refractivity contribution in [3.05, 3.63) is 34.7 Å². The summed E-state index contributed by atoms with van der Waals surface area (Å²) < 4.78 is 31.8. The predicted molar refractivity (Wildman–Crippen MR) is 59.1 cm³/mol. The van der Waals surface area contributed by atoms with Crippen molar-refractivity contribution in [2.45, 2.75) is 6.42 Å². The minimum absolute atomic E-state index is 0.0989. The molecule has 90 valence electrons. The van der Waals surface area contributed by atoms with Crippen LogP contribution in [0.15, 0.2) is 16.5 Å². The van der Waals surface area contributed by atoms with Crippen LogP contribution in [0.2, 0.25) is 5.02 Å². The molecular formula is C10H6Cl2F2N2O. The highest BCUT2D eigenvalue weighted by Crippen LogP contribution is 2.26. The summed E-state index contributed by atoms with van der Waals surface area (Å²) >= 11 is 10.9.